The highest BCUT2D eigenvalue weighted by atomic mass is 16.5. The number of hydrogen-bond acceptors (Lipinski definition) is 5. The second-order valence-corrected chi connectivity index (χ2v) is 7.24. The summed E-state index contributed by atoms with van der Waals surface area (Å²) in [6.45, 7) is 3.48. The molecule has 1 amide bonds. The third kappa shape index (κ3) is 5.49. The molecule has 1 heterocycles. The zero-order chi connectivity index (χ0) is 20.6. The number of rotatable bonds is 7. The zero-order valence-electron chi connectivity index (χ0n) is 17.0. The van der Waals surface area contributed by atoms with Gasteiger partial charge < -0.3 is 19.3 Å². The molecule has 6 heteroatoms. The van der Waals surface area contributed by atoms with Gasteiger partial charge in [-0.1, -0.05) is 24.3 Å². The fourth-order valence-corrected chi connectivity index (χ4v) is 3.58. The Morgan fingerprint density at radius 2 is 1.83 bits per heavy atom. The number of carbonyl (C=O) groups excluding carboxylic acids is 1. The fraction of sp³-hybridized carbons (Fsp3) is 0.391. The summed E-state index contributed by atoms with van der Waals surface area (Å²) in [5.74, 6) is 0.854. The van der Waals surface area contributed by atoms with Crippen LogP contribution >= 0.6 is 0 Å². The van der Waals surface area contributed by atoms with E-state index in [1.165, 1.54) is 7.11 Å². The lowest BCUT2D eigenvalue weighted by Crippen LogP contribution is -2.39. The molecule has 1 atom stereocenters. The van der Waals surface area contributed by atoms with Crippen LogP contribution in [0.2, 0.25) is 0 Å². The topological polar surface area (TPSA) is 65.8 Å². The van der Waals surface area contributed by atoms with Gasteiger partial charge in [0, 0.05) is 32.7 Å². The van der Waals surface area contributed by atoms with E-state index in [9.17, 15) is 4.79 Å². The van der Waals surface area contributed by atoms with Gasteiger partial charge in [-0.15, -0.1) is 0 Å². The van der Waals surface area contributed by atoms with Crippen LogP contribution in [0.4, 0.5) is 4.79 Å². The molecular formula is C23H27N3O3. The Morgan fingerprint density at radius 3 is 2.45 bits per heavy atom. The first-order chi connectivity index (χ1) is 14.1. The summed E-state index contributed by atoms with van der Waals surface area (Å²) in [5.41, 5.74) is 2.84. The maximum Gasteiger partial charge on any atom is 0.409 e. The highest BCUT2D eigenvalue weighted by Crippen LogP contribution is 2.23. The number of amides is 1. The van der Waals surface area contributed by atoms with Gasteiger partial charge in [0.25, 0.3) is 0 Å². The monoisotopic (exact) mass is 393 g/mol. The van der Waals surface area contributed by atoms with Crippen molar-refractivity contribution < 1.29 is 14.3 Å². The van der Waals surface area contributed by atoms with Crippen LogP contribution in [-0.4, -0.2) is 62.3 Å². The van der Waals surface area contributed by atoms with E-state index in [0.29, 0.717) is 12.2 Å². The van der Waals surface area contributed by atoms with Crippen molar-refractivity contribution in [2.75, 3.05) is 40.4 Å². The molecule has 1 fully saturated rings. The fourth-order valence-electron chi connectivity index (χ4n) is 3.58. The van der Waals surface area contributed by atoms with Crippen LogP contribution in [-0.2, 0) is 4.74 Å². The number of benzene rings is 2. The summed E-state index contributed by atoms with van der Waals surface area (Å²) >= 11 is 0. The lowest BCUT2D eigenvalue weighted by atomic mass is 10.0. The summed E-state index contributed by atoms with van der Waals surface area (Å²) in [5, 5.41) is 8.89. The molecule has 0 aromatic heterocycles. The summed E-state index contributed by atoms with van der Waals surface area (Å²) < 4.78 is 10.7. The number of ether oxygens (including phenoxy) is 2. The third-order valence-corrected chi connectivity index (χ3v) is 5.35. The molecule has 0 radical (unpaired) electrons. The van der Waals surface area contributed by atoms with Crippen LogP contribution in [0.3, 0.4) is 0 Å². The van der Waals surface area contributed by atoms with Crippen molar-refractivity contribution in [2.24, 2.45) is 0 Å². The van der Waals surface area contributed by atoms with Crippen LogP contribution in [0.1, 0.15) is 18.4 Å². The third-order valence-electron chi connectivity index (χ3n) is 5.35. The average molecular weight is 393 g/mol. The molecule has 0 saturated carbocycles. The summed E-state index contributed by atoms with van der Waals surface area (Å²) in [6.07, 6.45) is 1.64. The molecule has 1 aliphatic heterocycles. The molecular weight excluding hydrogens is 366 g/mol. The predicted molar refractivity (Wildman–Crippen MR) is 112 cm³/mol. The van der Waals surface area contributed by atoms with E-state index < -0.39 is 0 Å². The standard InChI is InChI=1S/C23H27N3O3/c1-25(23(27)28-2)21-12-14-26(17-21)13-3-15-29-22-10-8-20(9-11-22)19-6-4-18(16-24)5-7-19/h4-11,21H,3,12-15,17H2,1-2H3/t21-/m1/s1. The highest BCUT2D eigenvalue weighted by molar-refractivity contribution is 5.67. The summed E-state index contributed by atoms with van der Waals surface area (Å²) in [7, 11) is 3.21. The normalized spacial score (nSPS) is 16.2. The number of nitrogens with zero attached hydrogens (tertiary/aromatic N) is 3. The number of nitriles is 1. The number of carbonyl (C=O) groups is 1. The number of hydrogen-bond donors (Lipinski definition) is 0. The lowest BCUT2D eigenvalue weighted by molar-refractivity contribution is 0.117. The van der Waals surface area contributed by atoms with Gasteiger partial charge in [0.05, 0.1) is 25.3 Å². The second-order valence-electron chi connectivity index (χ2n) is 7.24. The van der Waals surface area contributed by atoms with Crippen LogP contribution in [0.5, 0.6) is 5.75 Å². The van der Waals surface area contributed by atoms with Crippen molar-refractivity contribution in [3.8, 4) is 22.9 Å². The minimum absolute atomic E-state index is 0.220. The molecule has 6 nitrogen and oxygen atoms in total. The first-order valence-corrected chi connectivity index (χ1v) is 9.87. The Kier molecular flexibility index (Phi) is 7.09. The van der Waals surface area contributed by atoms with Gasteiger partial charge in [0.1, 0.15) is 5.75 Å². The van der Waals surface area contributed by atoms with Crippen LogP contribution in [0.15, 0.2) is 48.5 Å². The van der Waals surface area contributed by atoms with E-state index in [2.05, 4.69) is 11.0 Å². The van der Waals surface area contributed by atoms with E-state index in [1.807, 2.05) is 48.5 Å². The number of likely N-dealkylation sites (N-methyl/N-ethyl adjacent to an activating group) is 1. The van der Waals surface area contributed by atoms with E-state index in [1.54, 1.807) is 11.9 Å². The molecule has 0 bridgehead atoms. The largest absolute Gasteiger partial charge is 0.494 e. The summed E-state index contributed by atoms with van der Waals surface area (Å²) in [4.78, 5) is 15.7. The Bertz CT molecular complexity index is 843. The second kappa shape index (κ2) is 9.94. The highest BCUT2D eigenvalue weighted by Gasteiger charge is 2.28. The molecule has 0 spiro atoms. The maximum atomic E-state index is 11.6. The van der Waals surface area contributed by atoms with Crippen LogP contribution < -0.4 is 4.74 Å². The van der Waals surface area contributed by atoms with Gasteiger partial charge in [-0.25, -0.2) is 4.79 Å². The Labute approximate surface area is 172 Å². The van der Waals surface area contributed by atoms with E-state index >= 15 is 0 Å². The van der Waals surface area contributed by atoms with Gasteiger partial charge in [-0.2, -0.15) is 5.26 Å². The first kappa shape index (κ1) is 20.7. The molecule has 0 N–H and O–H groups in total. The molecule has 29 heavy (non-hydrogen) atoms. The van der Waals surface area contributed by atoms with Crippen LogP contribution in [0, 0.1) is 11.3 Å². The minimum Gasteiger partial charge on any atom is -0.494 e. The van der Waals surface area contributed by atoms with Crippen molar-refractivity contribution >= 4 is 6.09 Å². The molecule has 1 saturated heterocycles. The van der Waals surface area contributed by atoms with E-state index in [4.69, 9.17) is 14.7 Å². The Balaban J connectivity index is 1.40. The Hall–Kier alpha value is -3.04. The maximum absolute atomic E-state index is 11.6. The van der Waals surface area contributed by atoms with Crippen LogP contribution in [0.25, 0.3) is 11.1 Å². The SMILES string of the molecule is COC(=O)N(C)[C@@H]1CCN(CCCOc2ccc(-c3ccc(C#N)cc3)cc2)C1. The number of methoxy groups -OCH3 is 1. The van der Waals surface area contributed by atoms with E-state index in [0.717, 1.165) is 49.4 Å². The smallest absolute Gasteiger partial charge is 0.409 e. The first-order valence-electron chi connectivity index (χ1n) is 9.87. The lowest BCUT2D eigenvalue weighted by Gasteiger charge is -2.23. The van der Waals surface area contributed by atoms with Gasteiger partial charge in [0.15, 0.2) is 0 Å². The van der Waals surface area contributed by atoms with Crippen molar-refractivity contribution in [1.29, 1.82) is 5.26 Å². The van der Waals surface area contributed by atoms with Gasteiger partial charge in [-0.3, -0.25) is 0 Å². The average Bonchev–Trinajstić information content (AvgIpc) is 3.25. The predicted octanol–water partition coefficient (Wildman–Crippen LogP) is 3.77. The molecule has 1 aliphatic rings. The van der Waals surface area contributed by atoms with Crippen molar-refractivity contribution in [1.82, 2.24) is 9.80 Å². The number of likely N-dealkylation sites (tertiary alicyclic amines) is 1. The molecule has 0 aliphatic carbocycles. The minimum atomic E-state index is -0.273. The van der Waals surface area contributed by atoms with Crippen molar-refractivity contribution in [2.45, 2.75) is 18.9 Å². The molecule has 0 unspecified atom stereocenters. The quantitative estimate of drug-likeness (QED) is 0.670. The van der Waals surface area contributed by atoms with Gasteiger partial charge >= 0.3 is 6.09 Å². The molecule has 2 aromatic carbocycles. The zero-order valence-corrected chi connectivity index (χ0v) is 17.0. The molecule has 152 valence electrons. The van der Waals surface area contributed by atoms with Gasteiger partial charge in [-0.05, 0) is 48.2 Å². The van der Waals surface area contributed by atoms with Crippen molar-refractivity contribution in [3.05, 3.63) is 54.1 Å². The van der Waals surface area contributed by atoms with E-state index in [-0.39, 0.29) is 12.1 Å². The van der Waals surface area contributed by atoms with Crippen molar-refractivity contribution in [3.63, 3.8) is 0 Å². The molecule has 2 aromatic rings. The molecule has 3 rings (SSSR count). The Morgan fingerprint density at radius 1 is 1.17 bits per heavy atom. The van der Waals surface area contributed by atoms with Gasteiger partial charge in [0.2, 0.25) is 0 Å². The summed E-state index contributed by atoms with van der Waals surface area (Å²) in [6, 6.07) is 17.9.